The van der Waals surface area contributed by atoms with Crippen LogP contribution in [0.5, 0.6) is 11.5 Å². The molecule has 0 saturated carbocycles. The minimum atomic E-state index is -2.30. The van der Waals surface area contributed by atoms with E-state index in [0.717, 1.165) is 17.1 Å². The largest absolute Gasteiger partial charge is 0.541 e. The van der Waals surface area contributed by atoms with E-state index in [-0.39, 0.29) is 26.1 Å². The van der Waals surface area contributed by atoms with Gasteiger partial charge >= 0.3 is 5.97 Å². The highest BCUT2D eigenvalue weighted by Gasteiger charge is 2.45. The molecule has 0 amide bonds. The maximum atomic E-state index is 14.0. The Hall–Kier alpha value is -0.882. The topological polar surface area (TPSA) is 56.8 Å². The lowest BCUT2D eigenvalue weighted by Gasteiger charge is -2.42. The van der Waals surface area contributed by atoms with Crippen LogP contribution in [0, 0.1) is 0 Å². The molecule has 1 atom stereocenters. The maximum absolute atomic E-state index is 14.0. The third-order valence-electron chi connectivity index (χ3n) is 10.6. The fourth-order valence-corrected chi connectivity index (χ4v) is 7.77. The van der Waals surface area contributed by atoms with Gasteiger partial charge in [-0.25, -0.2) is 0 Å². The molecule has 0 radical (unpaired) electrons. The molecule has 9 heteroatoms. The first-order chi connectivity index (χ1) is 18.2. The van der Waals surface area contributed by atoms with Crippen LogP contribution >= 0.6 is 0 Å². The van der Waals surface area contributed by atoms with Gasteiger partial charge in [0, 0.05) is 0 Å². The molecule has 1 rings (SSSR count). The number of carbonyl (C=O) groups is 1. The molecule has 5 nitrogen and oxygen atoms in total. The molecular weight excluding hydrogens is 587 g/mol. The summed E-state index contributed by atoms with van der Waals surface area (Å²) in [6.07, 6.45) is 0.536. The minimum absolute atomic E-state index is 0.0383. The predicted octanol–water partition coefficient (Wildman–Crippen LogP) is 10.5. The van der Waals surface area contributed by atoms with Crippen molar-refractivity contribution in [1.82, 2.24) is 4.98 Å². The van der Waals surface area contributed by atoms with Gasteiger partial charge in [-0.3, -0.25) is 4.79 Å². The Morgan fingerprint density at radius 3 is 1.43 bits per heavy atom. The molecular formula is C33H67NO4Si4. The molecule has 1 aromatic carbocycles. The van der Waals surface area contributed by atoms with Crippen molar-refractivity contribution in [1.29, 1.82) is 0 Å². The summed E-state index contributed by atoms with van der Waals surface area (Å²) in [4.78, 5) is 17.8. The molecule has 0 aliphatic rings. The van der Waals surface area contributed by atoms with Crippen LogP contribution in [0.15, 0.2) is 18.2 Å². The van der Waals surface area contributed by atoms with Crippen LogP contribution in [0.3, 0.4) is 0 Å². The monoisotopic (exact) mass is 653 g/mol. The zero-order valence-corrected chi connectivity index (χ0v) is 35.1. The van der Waals surface area contributed by atoms with Crippen molar-refractivity contribution in [3.8, 4) is 11.5 Å². The van der Waals surface area contributed by atoms with Crippen molar-refractivity contribution in [3.05, 3.63) is 23.8 Å². The van der Waals surface area contributed by atoms with Gasteiger partial charge < -0.3 is 18.3 Å². The zero-order chi connectivity index (χ0) is 33.5. The predicted molar refractivity (Wildman–Crippen MR) is 193 cm³/mol. The summed E-state index contributed by atoms with van der Waals surface area (Å²) in [7, 11) is -8.58. The smallest absolute Gasteiger partial charge is 0.309 e. The molecule has 0 heterocycles. The Kier molecular flexibility index (Phi) is 11.6. The van der Waals surface area contributed by atoms with Crippen molar-refractivity contribution in [2.45, 2.75) is 168 Å². The lowest BCUT2D eigenvalue weighted by Crippen LogP contribution is -2.60. The van der Waals surface area contributed by atoms with Crippen LogP contribution in [0.4, 0.5) is 0 Å². The summed E-state index contributed by atoms with van der Waals surface area (Å²) in [5, 5.41) is 0.110. The maximum Gasteiger partial charge on any atom is 0.309 e. The average molecular weight is 654 g/mol. The van der Waals surface area contributed by atoms with Gasteiger partial charge in [-0.1, -0.05) is 102 Å². The van der Waals surface area contributed by atoms with Crippen LogP contribution < -0.4 is 13.8 Å². The molecule has 0 aliphatic heterocycles. The summed E-state index contributed by atoms with van der Waals surface area (Å²) < 4.78 is 20.2. The lowest BCUT2D eigenvalue weighted by molar-refractivity contribution is -0.137. The number of hydrogen-bond acceptors (Lipinski definition) is 5. The molecule has 0 saturated heterocycles. The number of rotatable bonds is 10. The highest BCUT2D eigenvalue weighted by molar-refractivity contribution is 6.78. The summed E-state index contributed by atoms with van der Waals surface area (Å²) in [6, 6.07) is 5.87. The third kappa shape index (κ3) is 9.81. The zero-order valence-electron chi connectivity index (χ0n) is 31.1. The van der Waals surface area contributed by atoms with Crippen LogP contribution in [0.25, 0.3) is 0 Å². The van der Waals surface area contributed by atoms with Crippen molar-refractivity contribution in [3.63, 3.8) is 0 Å². The Bertz CT molecular complexity index is 1090. The fourth-order valence-electron chi connectivity index (χ4n) is 3.26. The van der Waals surface area contributed by atoms with Crippen molar-refractivity contribution in [2.24, 2.45) is 0 Å². The van der Waals surface area contributed by atoms with E-state index in [1.165, 1.54) is 0 Å². The average Bonchev–Trinajstić information content (AvgIpc) is 2.71. The first-order valence-electron chi connectivity index (χ1n) is 15.8. The van der Waals surface area contributed by atoms with E-state index < -0.39 is 39.2 Å². The molecule has 0 bridgehead atoms. The van der Waals surface area contributed by atoms with E-state index in [1.54, 1.807) is 0 Å². The van der Waals surface area contributed by atoms with E-state index in [1.807, 2.05) is 0 Å². The van der Waals surface area contributed by atoms with E-state index in [9.17, 15) is 4.79 Å². The number of nitrogens with one attached hydrogen (secondary N) is 1. The second-order valence-corrected chi connectivity index (χ2v) is 37.7. The molecule has 0 aromatic heterocycles. The van der Waals surface area contributed by atoms with E-state index >= 15 is 0 Å². The van der Waals surface area contributed by atoms with Crippen LogP contribution in [0.1, 0.15) is 88.6 Å². The summed E-state index contributed by atoms with van der Waals surface area (Å²) in [6.45, 7) is 44.9. The van der Waals surface area contributed by atoms with Crippen LogP contribution in [-0.4, -0.2) is 45.2 Å². The highest BCUT2D eigenvalue weighted by atomic mass is 28.4. The highest BCUT2D eigenvalue weighted by Crippen LogP contribution is 2.44. The second kappa shape index (κ2) is 12.5. The van der Waals surface area contributed by atoms with Gasteiger partial charge in [-0.05, 0) is 83.6 Å². The van der Waals surface area contributed by atoms with Crippen molar-refractivity contribution in [2.75, 3.05) is 0 Å². The molecule has 42 heavy (non-hydrogen) atoms. The molecule has 1 aromatic rings. The standard InChI is InChI=1S/C33H67NO4Si4/c1-30(2,3)39(13,14)34-26(29(35)38-42(19,20)33(10,11)12)23-25-21-22-27(36-40(15,16)31(4,5)6)28(24-25)37-41(17,18)32(7,8)9/h21-22,24,26,34H,23H2,1-20H3. The van der Waals surface area contributed by atoms with Gasteiger partial charge in [-0.2, -0.15) is 0 Å². The first kappa shape index (κ1) is 39.1. The molecule has 0 aliphatic carbocycles. The number of carbonyl (C=O) groups excluding carboxylic acids is 1. The third-order valence-corrected chi connectivity index (χ3v) is 28.5. The van der Waals surface area contributed by atoms with E-state index in [0.29, 0.717) is 6.42 Å². The van der Waals surface area contributed by atoms with Gasteiger partial charge in [0.2, 0.25) is 0 Å². The normalized spacial score (nSPS) is 15.3. The molecule has 1 N–H and O–H groups in total. The van der Waals surface area contributed by atoms with Gasteiger partial charge in [-0.15, -0.1) is 0 Å². The SMILES string of the molecule is CC(C)(C)[Si](C)(C)NC(Cc1ccc(O[Si](C)(C)C(C)(C)C)c(O[Si](C)(C)C(C)(C)C)c1)C(=O)O[Si](C)(C)C(C)(C)C. The quantitative estimate of drug-likeness (QED) is 0.255. The lowest BCUT2D eigenvalue weighted by atomic mass is 10.1. The Labute approximate surface area is 264 Å². The van der Waals surface area contributed by atoms with E-state index in [2.05, 4.69) is 159 Å². The fraction of sp³-hybridized carbons (Fsp3) is 0.788. The van der Waals surface area contributed by atoms with Gasteiger partial charge in [0.1, 0.15) is 25.8 Å². The minimum Gasteiger partial charge on any atom is -0.541 e. The summed E-state index contributed by atoms with van der Waals surface area (Å²) in [5.74, 6) is 1.47. The summed E-state index contributed by atoms with van der Waals surface area (Å²) in [5.41, 5.74) is 1.05. The van der Waals surface area contributed by atoms with Crippen LogP contribution in [0.2, 0.25) is 72.5 Å². The van der Waals surface area contributed by atoms with Gasteiger partial charge in [0.05, 0.1) is 0 Å². The van der Waals surface area contributed by atoms with Crippen molar-refractivity contribution < 1.29 is 18.1 Å². The molecule has 0 spiro atoms. The van der Waals surface area contributed by atoms with Crippen molar-refractivity contribution >= 4 is 39.2 Å². The Morgan fingerprint density at radius 2 is 1.05 bits per heavy atom. The number of benzene rings is 1. The van der Waals surface area contributed by atoms with Gasteiger partial charge in [0.25, 0.3) is 25.0 Å². The Morgan fingerprint density at radius 1 is 0.643 bits per heavy atom. The molecule has 1 unspecified atom stereocenters. The second-order valence-electron chi connectivity index (χ2n) is 18.5. The van der Waals surface area contributed by atoms with E-state index in [4.69, 9.17) is 13.3 Å². The van der Waals surface area contributed by atoms with Crippen LogP contribution in [-0.2, 0) is 15.6 Å². The molecule has 0 fully saturated rings. The van der Waals surface area contributed by atoms with Gasteiger partial charge in [0.15, 0.2) is 0 Å². The molecule has 244 valence electrons. The summed E-state index contributed by atoms with van der Waals surface area (Å²) >= 11 is 0. The Balaban J connectivity index is 3.68. The first-order valence-corrected chi connectivity index (χ1v) is 27.5. The number of hydrogen-bond donors (Lipinski definition) is 1.